The summed E-state index contributed by atoms with van der Waals surface area (Å²) < 4.78 is 0. The first-order valence-corrected chi connectivity index (χ1v) is 4.26. The van der Waals surface area contributed by atoms with Crippen molar-refractivity contribution < 1.29 is 14.7 Å². The van der Waals surface area contributed by atoms with E-state index in [2.05, 4.69) is 10.3 Å². The van der Waals surface area contributed by atoms with Crippen molar-refractivity contribution in [2.24, 2.45) is 0 Å². The van der Waals surface area contributed by atoms with Crippen LogP contribution in [0, 0.1) is 0 Å². The SMILES string of the molecule is C[C@@H](NC(=O)c1ccc(N)cn1)C(=O)O. The molecule has 0 aliphatic carbocycles. The first-order chi connectivity index (χ1) is 7.00. The van der Waals surface area contributed by atoms with Crippen molar-refractivity contribution in [2.75, 3.05) is 5.73 Å². The molecule has 0 radical (unpaired) electrons. The monoisotopic (exact) mass is 209 g/mol. The first-order valence-electron chi connectivity index (χ1n) is 4.26. The van der Waals surface area contributed by atoms with E-state index in [-0.39, 0.29) is 5.69 Å². The van der Waals surface area contributed by atoms with Crippen LogP contribution in [0.25, 0.3) is 0 Å². The second kappa shape index (κ2) is 4.41. The second-order valence-electron chi connectivity index (χ2n) is 3.01. The number of pyridine rings is 1. The third kappa shape index (κ3) is 2.94. The molecule has 1 amide bonds. The number of nitrogens with two attached hydrogens (primary N) is 1. The fourth-order valence-electron chi connectivity index (χ4n) is 0.872. The molecule has 1 aromatic heterocycles. The number of nitrogen functional groups attached to an aromatic ring is 1. The Balaban J connectivity index is 2.69. The Morgan fingerprint density at radius 3 is 2.67 bits per heavy atom. The van der Waals surface area contributed by atoms with Crippen LogP contribution >= 0.6 is 0 Å². The number of anilines is 1. The average Bonchev–Trinajstić information content (AvgIpc) is 2.18. The molecule has 0 aliphatic rings. The number of nitrogens with one attached hydrogen (secondary N) is 1. The number of carboxylic acids is 1. The van der Waals surface area contributed by atoms with Gasteiger partial charge in [-0.25, -0.2) is 4.98 Å². The number of hydrogen-bond donors (Lipinski definition) is 3. The highest BCUT2D eigenvalue weighted by Crippen LogP contribution is 2.01. The average molecular weight is 209 g/mol. The lowest BCUT2D eigenvalue weighted by atomic mass is 10.3. The van der Waals surface area contributed by atoms with Crippen LogP contribution in [0.3, 0.4) is 0 Å². The molecule has 1 rings (SSSR count). The molecular weight excluding hydrogens is 198 g/mol. The second-order valence-corrected chi connectivity index (χ2v) is 3.01. The standard InChI is InChI=1S/C9H11N3O3/c1-5(9(14)15)12-8(13)7-3-2-6(10)4-11-7/h2-5H,10H2,1H3,(H,12,13)(H,14,15)/t5-/m1/s1. The Bertz CT molecular complexity index is 375. The highest BCUT2D eigenvalue weighted by atomic mass is 16.4. The first kappa shape index (κ1) is 11.0. The zero-order chi connectivity index (χ0) is 11.4. The smallest absolute Gasteiger partial charge is 0.325 e. The van der Waals surface area contributed by atoms with Gasteiger partial charge in [0.1, 0.15) is 11.7 Å². The van der Waals surface area contributed by atoms with Crippen molar-refractivity contribution in [3.05, 3.63) is 24.0 Å². The molecule has 80 valence electrons. The molecule has 1 atom stereocenters. The van der Waals surface area contributed by atoms with Crippen molar-refractivity contribution >= 4 is 17.6 Å². The van der Waals surface area contributed by atoms with Crippen LogP contribution < -0.4 is 11.1 Å². The fraction of sp³-hybridized carbons (Fsp3) is 0.222. The predicted octanol–water partition coefficient (Wildman–Crippen LogP) is -0.133. The largest absolute Gasteiger partial charge is 0.480 e. The third-order valence-corrected chi connectivity index (χ3v) is 1.74. The van der Waals surface area contributed by atoms with E-state index >= 15 is 0 Å². The summed E-state index contributed by atoms with van der Waals surface area (Å²) in [5.41, 5.74) is 5.97. The van der Waals surface area contributed by atoms with Crippen molar-refractivity contribution in [3.63, 3.8) is 0 Å². The summed E-state index contributed by atoms with van der Waals surface area (Å²) in [5, 5.41) is 10.8. The Morgan fingerprint density at radius 2 is 2.20 bits per heavy atom. The molecule has 0 unspecified atom stereocenters. The van der Waals surface area contributed by atoms with Gasteiger partial charge >= 0.3 is 5.97 Å². The highest BCUT2D eigenvalue weighted by Gasteiger charge is 2.15. The molecule has 0 saturated heterocycles. The van der Waals surface area contributed by atoms with Crippen LogP contribution in [-0.4, -0.2) is 28.0 Å². The van der Waals surface area contributed by atoms with Gasteiger partial charge in [0.2, 0.25) is 0 Å². The summed E-state index contributed by atoms with van der Waals surface area (Å²) in [5.74, 6) is -1.64. The maximum absolute atomic E-state index is 11.4. The number of carbonyl (C=O) groups is 2. The maximum atomic E-state index is 11.4. The van der Waals surface area contributed by atoms with E-state index in [1.54, 1.807) is 0 Å². The van der Waals surface area contributed by atoms with Gasteiger partial charge in [0.25, 0.3) is 5.91 Å². The van der Waals surface area contributed by atoms with Crippen LogP contribution in [-0.2, 0) is 4.79 Å². The Kier molecular flexibility index (Phi) is 3.22. The number of carbonyl (C=O) groups excluding carboxylic acids is 1. The summed E-state index contributed by atoms with van der Waals surface area (Å²) in [6.45, 7) is 1.37. The number of aromatic nitrogens is 1. The quantitative estimate of drug-likeness (QED) is 0.642. The summed E-state index contributed by atoms with van der Waals surface area (Å²) in [6, 6.07) is 2.00. The molecule has 0 aromatic carbocycles. The molecule has 0 fully saturated rings. The van der Waals surface area contributed by atoms with Crippen molar-refractivity contribution in [2.45, 2.75) is 13.0 Å². The molecule has 0 saturated carbocycles. The zero-order valence-electron chi connectivity index (χ0n) is 8.10. The highest BCUT2D eigenvalue weighted by molar-refractivity contribution is 5.94. The number of carboxylic acid groups (broad SMARTS) is 1. The predicted molar refractivity (Wildman–Crippen MR) is 53.2 cm³/mol. The number of rotatable bonds is 3. The molecule has 4 N–H and O–H groups in total. The minimum atomic E-state index is -1.10. The molecule has 1 aromatic rings. The number of amides is 1. The lowest BCUT2D eigenvalue weighted by molar-refractivity contribution is -0.138. The molecule has 0 spiro atoms. The van der Waals surface area contributed by atoms with E-state index in [0.717, 1.165) is 0 Å². The van der Waals surface area contributed by atoms with Gasteiger partial charge in [-0.05, 0) is 19.1 Å². The number of hydrogen-bond acceptors (Lipinski definition) is 4. The molecule has 0 aliphatic heterocycles. The number of nitrogens with zero attached hydrogens (tertiary/aromatic N) is 1. The van der Waals surface area contributed by atoms with Crippen molar-refractivity contribution in [3.8, 4) is 0 Å². The van der Waals surface area contributed by atoms with E-state index in [1.165, 1.54) is 25.3 Å². The van der Waals surface area contributed by atoms with Crippen LogP contribution in [0.1, 0.15) is 17.4 Å². The fourth-order valence-corrected chi connectivity index (χ4v) is 0.872. The minimum absolute atomic E-state index is 0.136. The van der Waals surface area contributed by atoms with Gasteiger partial charge in [0, 0.05) is 0 Å². The van der Waals surface area contributed by atoms with Gasteiger partial charge < -0.3 is 16.2 Å². The molecule has 0 bridgehead atoms. The van der Waals surface area contributed by atoms with E-state index < -0.39 is 17.9 Å². The van der Waals surface area contributed by atoms with Crippen LogP contribution in [0.5, 0.6) is 0 Å². The Morgan fingerprint density at radius 1 is 1.53 bits per heavy atom. The van der Waals surface area contributed by atoms with Crippen LogP contribution in [0.15, 0.2) is 18.3 Å². The maximum Gasteiger partial charge on any atom is 0.325 e. The van der Waals surface area contributed by atoms with E-state index in [4.69, 9.17) is 10.8 Å². The lowest BCUT2D eigenvalue weighted by Crippen LogP contribution is -2.38. The van der Waals surface area contributed by atoms with Crippen LogP contribution in [0.4, 0.5) is 5.69 Å². The lowest BCUT2D eigenvalue weighted by Gasteiger charge is -2.08. The summed E-state index contributed by atoms with van der Waals surface area (Å²) in [4.78, 5) is 25.6. The van der Waals surface area contributed by atoms with Gasteiger partial charge in [-0.1, -0.05) is 0 Å². The summed E-state index contributed by atoms with van der Waals surface area (Å²) >= 11 is 0. The van der Waals surface area contributed by atoms with Gasteiger partial charge in [-0.15, -0.1) is 0 Å². The topological polar surface area (TPSA) is 105 Å². The van der Waals surface area contributed by atoms with Gasteiger partial charge in [-0.2, -0.15) is 0 Å². The van der Waals surface area contributed by atoms with Crippen molar-refractivity contribution in [1.29, 1.82) is 0 Å². The minimum Gasteiger partial charge on any atom is -0.480 e. The van der Waals surface area contributed by atoms with Gasteiger partial charge in [0.15, 0.2) is 0 Å². The van der Waals surface area contributed by atoms with E-state index in [1.807, 2.05) is 0 Å². The van der Waals surface area contributed by atoms with Gasteiger partial charge in [0.05, 0.1) is 11.9 Å². The summed E-state index contributed by atoms with van der Waals surface area (Å²) in [7, 11) is 0. The van der Waals surface area contributed by atoms with E-state index in [9.17, 15) is 9.59 Å². The van der Waals surface area contributed by atoms with Crippen molar-refractivity contribution in [1.82, 2.24) is 10.3 Å². The normalized spacial score (nSPS) is 11.8. The number of aliphatic carboxylic acids is 1. The zero-order valence-corrected chi connectivity index (χ0v) is 8.10. The third-order valence-electron chi connectivity index (χ3n) is 1.74. The molecule has 6 heteroatoms. The molecule has 1 heterocycles. The molecule has 15 heavy (non-hydrogen) atoms. The Hall–Kier alpha value is -2.11. The molecule has 6 nitrogen and oxygen atoms in total. The Labute approximate surface area is 86.1 Å². The van der Waals surface area contributed by atoms with E-state index in [0.29, 0.717) is 5.69 Å². The molecular formula is C9H11N3O3. The van der Waals surface area contributed by atoms with Crippen LogP contribution in [0.2, 0.25) is 0 Å². The summed E-state index contributed by atoms with van der Waals surface area (Å²) in [6.07, 6.45) is 1.33. The van der Waals surface area contributed by atoms with Gasteiger partial charge in [-0.3, -0.25) is 9.59 Å².